The van der Waals surface area contributed by atoms with Gasteiger partial charge in [0, 0.05) is 35.1 Å². The van der Waals surface area contributed by atoms with Crippen LogP contribution in [0.1, 0.15) is 36.1 Å². The zero-order valence-corrected chi connectivity index (χ0v) is 18.9. The van der Waals surface area contributed by atoms with Crippen molar-refractivity contribution in [2.75, 3.05) is 0 Å². The number of aryl methyl sites for hydroxylation is 2. The molecule has 0 fully saturated rings. The van der Waals surface area contributed by atoms with Crippen molar-refractivity contribution in [3.63, 3.8) is 0 Å². The average molecular weight is 473 g/mol. The molecule has 32 heavy (non-hydrogen) atoms. The number of furan rings is 1. The maximum atomic E-state index is 12.1. The second kappa shape index (κ2) is 9.62. The van der Waals surface area contributed by atoms with Crippen molar-refractivity contribution in [3.05, 3.63) is 74.7 Å². The third-order valence-corrected chi connectivity index (χ3v) is 6.38. The lowest BCUT2D eigenvalue weighted by Gasteiger charge is -2.10. The van der Waals surface area contributed by atoms with Gasteiger partial charge in [0.25, 0.3) is 0 Å². The molecule has 3 heterocycles. The first-order chi connectivity index (χ1) is 15.4. The fraction of sp³-hybridized carbons (Fsp3) is 0.273. The number of primary amides is 1. The first-order valence-electron chi connectivity index (χ1n) is 10.0. The van der Waals surface area contributed by atoms with E-state index in [1.165, 1.54) is 17.8 Å². The van der Waals surface area contributed by atoms with Crippen molar-refractivity contribution >= 4 is 40.2 Å². The molecule has 2 N–H and O–H groups in total. The van der Waals surface area contributed by atoms with Crippen molar-refractivity contribution in [2.24, 2.45) is 5.73 Å². The van der Waals surface area contributed by atoms with E-state index in [1.807, 2.05) is 29.7 Å². The second-order valence-corrected chi connectivity index (χ2v) is 8.55. The predicted molar refractivity (Wildman–Crippen MR) is 122 cm³/mol. The SMILES string of the molecule is CCc1cc2oc(=O)cc(CSc3nnc(CCC(N)=O)n3Cc3ccco3)c2cc1Cl. The number of rotatable bonds is 9. The minimum absolute atomic E-state index is 0.170. The van der Waals surface area contributed by atoms with E-state index in [0.717, 1.165) is 28.7 Å². The smallest absolute Gasteiger partial charge is 0.336 e. The topological polar surface area (TPSA) is 117 Å². The number of hydrogen-bond donors (Lipinski definition) is 1. The van der Waals surface area contributed by atoms with Gasteiger partial charge in [0.1, 0.15) is 17.2 Å². The molecular formula is C22H21ClN4O4S. The maximum absolute atomic E-state index is 12.1. The van der Waals surface area contributed by atoms with Crippen LogP contribution in [0.5, 0.6) is 0 Å². The van der Waals surface area contributed by atoms with Gasteiger partial charge in [-0.1, -0.05) is 30.3 Å². The zero-order chi connectivity index (χ0) is 22.7. The van der Waals surface area contributed by atoms with Crippen LogP contribution in [-0.2, 0) is 29.9 Å². The first-order valence-corrected chi connectivity index (χ1v) is 11.4. The van der Waals surface area contributed by atoms with Crippen molar-refractivity contribution in [2.45, 2.75) is 43.6 Å². The number of carbonyl (C=O) groups excluding carboxylic acids is 1. The van der Waals surface area contributed by atoms with Crippen LogP contribution in [0.4, 0.5) is 0 Å². The molecule has 0 radical (unpaired) electrons. The van der Waals surface area contributed by atoms with E-state index >= 15 is 0 Å². The molecule has 0 spiro atoms. The zero-order valence-electron chi connectivity index (χ0n) is 17.3. The highest BCUT2D eigenvalue weighted by molar-refractivity contribution is 7.98. The molecule has 8 nitrogen and oxygen atoms in total. The molecule has 1 amide bonds. The molecule has 0 unspecified atom stereocenters. The molecule has 10 heteroatoms. The summed E-state index contributed by atoms with van der Waals surface area (Å²) >= 11 is 7.82. The third kappa shape index (κ3) is 4.89. The Hall–Kier alpha value is -3.04. The number of halogens is 1. The van der Waals surface area contributed by atoms with Crippen LogP contribution in [0.3, 0.4) is 0 Å². The van der Waals surface area contributed by atoms with Gasteiger partial charge in [-0.2, -0.15) is 0 Å². The summed E-state index contributed by atoms with van der Waals surface area (Å²) in [6.07, 6.45) is 2.88. The Morgan fingerprint density at radius 2 is 2.09 bits per heavy atom. The number of nitrogens with two attached hydrogens (primary N) is 1. The Kier molecular flexibility index (Phi) is 6.66. The van der Waals surface area contributed by atoms with Gasteiger partial charge in [0.15, 0.2) is 5.16 Å². The van der Waals surface area contributed by atoms with Crippen LogP contribution in [0, 0.1) is 0 Å². The van der Waals surface area contributed by atoms with Gasteiger partial charge < -0.3 is 14.6 Å². The predicted octanol–water partition coefficient (Wildman–Crippen LogP) is 3.95. The van der Waals surface area contributed by atoms with Gasteiger partial charge in [-0.3, -0.25) is 9.36 Å². The number of amides is 1. The van der Waals surface area contributed by atoms with Gasteiger partial charge in [0.05, 0.1) is 12.8 Å². The summed E-state index contributed by atoms with van der Waals surface area (Å²) in [5.41, 5.74) is 7.10. The maximum Gasteiger partial charge on any atom is 0.336 e. The summed E-state index contributed by atoms with van der Waals surface area (Å²) in [5.74, 6) is 1.42. The fourth-order valence-electron chi connectivity index (χ4n) is 3.38. The summed E-state index contributed by atoms with van der Waals surface area (Å²) in [6.45, 7) is 2.41. The third-order valence-electron chi connectivity index (χ3n) is 5.02. The van der Waals surface area contributed by atoms with E-state index in [2.05, 4.69) is 10.2 Å². The number of nitrogens with zero attached hydrogens (tertiary/aromatic N) is 3. The monoisotopic (exact) mass is 472 g/mol. The van der Waals surface area contributed by atoms with Gasteiger partial charge in [-0.05, 0) is 41.8 Å². The lowest BCUT2D eigenvalue weighted by molar-refractivity contribution is -0.118. The van der Waals surface area contributed by atoms with Gasteiger partial charge in [-0.25, -0.2) is 4.79 Å². The molecule has 166 valence electrons. The number of fused-ring (bicyclic) bond motifs is 1. The van der Waals surface area contributed by atoms with Crippen LogP contribution in [0.15, 0.2) is 55.4 Å². The van der Waals surface area contributed by atoms with E-state index in [0.29, 0.717) is 40.3 Å². The lowest BCUT2D eigenvalue weighted by Crippen LogP contribution is -2.14. The minimum atomic E-state index is -0.420. The van der Waals surface area contributed by atoms with Gasteiger partial charge in [0.2, 0.25) is 5.91 Å². The Balaban J connectivity index is 1.64. The van der Waals surface area contributed by atoms with Crippen molar-refractivity contribution in [1.29, 1.82) is 0 Å². The van der Waals surface area contributed by atoms with E-state index in [1.54, 1.807) is 12.3 Å². The summed E-state index contributed by atoms with van der Waals surface area (Å²) in [7, 11) is 0. The van der Waals surface area contributed by atoms with Crippen molar-refractivity contribution < 1.29 is 13.6 Å². The normalized spacial score (nSPS) is 11.3. The summed E-state index contributed by atoms with van der Waals surface area (Å²) in [5, 5.41) is 10.6. The molecule has 0 saturated carbocycles. The minimum Gasteiger partial charge on any atom is -0.467 e. The molecular weight excluding hydrogens is 452 g/mol. The molecule has 0 bridgehead atoms. The number of benzene rings is 1. The van der Waals surface area contributed by atoms with Crippen LogP contribution in [-0.4, -0.2) is 20.7 Å². The Bertz CT molecular complexity index is 1310. The Labute approximate surface area is 192 Å². The Morgan fingerprint density at radius 1 is 1.25 bits per heavy atom. The second-order valence-electron chi connectivity index (χ2n) is 7.20. The first kappa shape index (κ1) is 22.2. The van der Waals surface area contributed by atoms with Gasteiger partial charge in [-0.15, -0.1) is 10.2 Å². The highest BCUT2D eigenvalue weighted by atomic mass is 35.5. The van der Waals surface area contributed by atoms with Gasteiger partial charge >= 0.3 is 5.63 Å². The highest BCUT2D eigenvalue weighted by Crippen LogP contribution is 2.30. The lowest BCUT2D eigenvalue weighted by atomic mass is 10.1. The van der Waals surface area contributed by atoms with Crippen LogP contribution < -0.4 is 11.4 Å². The molecule has 0 aliphatic heterocycles. The standard InChI is InChI=1S/C22H21ClN4O4S/c1-2-13-8-18-16(10-17(13)23)14(9-21(29)31-18)12-32-22-26-25-20(6-5-19(24)28)27(22)11-15-4-3-7-30-15/h3-4,7-10H,2,5-6,11-12H2,1H3,(H2,24,28). The van der Waals surface area contributed by atoms with E-state index in [9.17, 15) is 9.59 Å². The number of thioether (sulfide) groups is 1. The summed E-state index contributed by atoms with van der Waals surface area (Å²) in [4.78, 5) is 23.4. The summed E-state index contributed by atoms with van der Waals surface area (Å²) in [6, 6.07) is 8.78. The Morgan fingerprint density at radius 3 is 2.81 bits per heavy atom. The quantitative estimate of drug-likeness (QED) is 0.289. The van der Waals surface area contributed by atoms with E-state index < -0.39 is 11.5 Å². The molecule has 4 rings (SSSR count). The van der Waals surface area contributed by atoms with Crippen LogP contribution >= 0.6 is 23.4 Å². The molecule has 3 aromatic heterocycles. The van der Waals surface area contributed by atoms with Crippen LogP contribution in [0.2, 0.25) is 5.02 Å². The van der Waals surface area contributed by atoms with Crippen LogP contribution in [0.25, 0.3) is 11.0 Å². The molecule has 0 aliphatic carbocycles. The van der Waals surface area contributed by atoms with Crippen molar-refractivity contribution in [1.82, 2.24) is 14.8 Å². The largest absolute Gasteiger partial charge is 0.467 e. The molecule has 4 aromatic rings. The number of aromatic nitrogens is 3. The van der Waals surface area contributed by atoms with Crippen molar-refractivity contribution in [3.8, 4) is 0 Å². The van der Waals surface area contributed by atoms with E-state index in [-0.39, 0.29) is 6.42 Å². The fourth-order valence-corrected chi connectivity index (χ4v) is 4.63. The molecule has 0 atom stereocenters. The molecule has 1 aromatic carbocycles. The number of hydrogen-bond acceptors (Lipinski definition) is 7. The highest BCUT2D eigenvalue weighted by Gasteiger charge is 2.17. The number of carbonyl (C=O) groups is 1. The van der Waals surface area contributed by atoms with E-state index in [4.69, 9.17) is 26.2 Å². The molecule has 0 aliphatic rings. The summed E-state index contributed by atoms with van der Waals surface area (Å²) < 4.78 is 12.8. The molecule has 0 saturated heterocycles. The average Bonchev–Trinajstić information content (AvgIpc) is 3.41.